The minimum absolute atomic E-state index is 0. The number of hydrogen-bond donors (Lipinski definition) is 0. The van der Waals surface area contributed by atoms with Crippen molar-refractivity contribution in [3.63, 3.8) is 0 Å². The first-order chi connectivity index (χ1) is 7.45. The Labute approximate surface area is 134 Å². The molecule has 89 valence electrons. The Morgan fingerprint density at radius 1 is 0.722 bits per heavy atom. The van der Waals surface area contributed by atoms with Crippen molar-refractivity contribution in [1.82, 2.24) is 0 Å². The molecule has 0 saturated carbocycles. The summed E-state index contributed by atoms with van der Waals surface area (Å²) < 4.78 is 0. The van der Waals surface area contributed by atoms with Crippen LogP contribution in [0.15, 0.2) is 66.7 Å². The molecule has 0 aliphatic heterocycles. The largest absolute Gasteiger partial charge is 3.00 e. The molecule has 3 rings (SSSR count). The van der Waals surface area contributed by atoms with Crippen LogP contribution < -0.4 is 24.8 Å². The third-order valence-corrected chi connectivity index (χ3v) is 2.76. The van der Waals surface area contributed by atoms with Gasteiger partial charge in [-0.05, 0) is 5.56 Å². The number of halogens is 2. The molecular formula is C15H11Cl2Ti. The summed E-state index contributed by atoms with van der Waals surface area (Å²) in [5.41, 5.74) is 2.60. The number of fused-ring (bicyclic) bond motifs is 1. The van der Waals surface area contributed by atoms with Crippen LogP contribution in [0.2, 0.25) is 0 Å². The maximum absolute atomic E-state index is 2.18. The molecule has 0 aliphatic carbocycles. The Morgan fingerprint density at radius 2 is 1.44 bits per heavy atom. The van der Waals surface area contributed by atoms with Gasteiger partial charge in [0.2, 0.25) is 0 Å². The monoisotopic (exact) mass is 309 g/mol. The van der Waals surface area contributed by atoms with Crippen LogP contribution >= 0.6 is 0 Å². The van der Waals surface area contributed by atoms with Crippen molar-refractivity contribution in [2.24, 2.45) is 0 Å². The maximum atomic E-state index is 2.18. The van der Waals surface area contributed by atoms with Crippen LogP contribution in [0.4, 0.5) is 0 Å². The Morgan fingerprint density at radius 3 is 2.17 bits per heavy atom. The minimum atomic E-state index is 0. The fourth-order valence-electron chi connectivity index (χ4n) is 2.03. The molecule has 3 aromatic carbocycles. The van der Waals surface area contributed by atoms with Crippen molar-refractivity contribution in [1.29, 1.82) is 0 Å². The first-order valence-electron chi connectivity index (χ1n) is 5.15. The Balaban J connectivity index is 0.000000963. The quantitative estimate of drug-likeness (QED) is 0.369. The molecule has 0 atom stereocenters. The van der Waals surface area contributed by atoms with E-state index in [0.29, 0.717) is 0 Å². The molecule has 0 heterocycles. The van der Waals surface area contributed by atoms with Gasteiger partial charge in [0.1, 0.15) is 0 Å². The fraction of sp³-hybridized carbons (Fsp3) is 0. The Hall–Kier alpha value is -0.656. The third-order valence-electron chi connectivity index (χ3n) is 2.76. The smallest absolute Gasteiger partial charge is 1.00 e. The van der Waals surface area contributed by atoms with Crippen molar-refractivity contribution < 1.29 is 46.5 Å². The van der Waals surface area contributed by atoms with Crippen LogP contribution in [0.5, 0.6) is 0 Å². The number of rotatable bonds is 1. The van der Waals surface area contributed by atoms with Crippen LogP contribution in [0.1, 0.15) is 0 Å². The second kappa shape index (κ2) is 7.71. The first kappa shape index (κ1) is 17.3. The molecule has 1 radical (unpaired) electrons. The van der Waals surface area contributed by atoms with Crippen molar-refractivity contribution in [2.75, 3.05) is 0 Å². The predicted octanol–water partition coefficient (Wildman–Crippen LogP) is -1.77. The van der Waals surface area contributed by atoms with Crippen molar-refractivity contribution in [2.45, 2.75) is 0 Å². The molecule has 3 heteroatoms. The SMILES string of the molecule is [Cl-].[Cl-].[Ti+3].c1ccc(-c2cccc3[cH-]ccc23)cc1. The van der Waals surface area contributed by atoms with Crippen LogP contribution in [-0.2, 0) is 21.7 Å². The topological polar surface area (TPSA) is 0 Å². The average molecular weight is 310 g/mol. The summed E-state index contributed by atoms with van der Waals surface area (Å²) in [6.07, 6.45) is 0. The molecule has 0 saturated heterocycles. The van der Waals surface area contributed by atoms with E-state index in [1.54, 1.807) is 0 Å². The zero-order valence-electron chi connectivity index (χ0n) is 9.61. The summed E-state index contributed by atoms with van der Waals surface area (Å²) in [7, 11) is 0. The van der Waals surface area contributed by atoms with Gasteiger partial charge >= 0.3 is 21.7 Å². The van der Waals surface area contributed by atoms with Gasteiger partial charge in [0, 0.05) is 0 Å². The summed E-state index contributed by atoms with van der Waals surface area (Å²) in [6.45, 7) is 0. The normalized spacial score (nSPS) is 8.89. The van der Waals surface area contributed by atoms with E-state index in [1.165, 1.54) is 21.9 Å². The summed E-state index contributed by atoms with van der Waals surface area (Å²) in [5, 5.41) is 2.65. The van der Waals surface area contributed by atoms with Crippen LogP contribution in [0.25, 0.3) is 21.9 Å². The standard InChI is InChI=1S/C15H11.2ClH.Ti/c1-2-6-12(7-3-1)14-10-4-8-13-9-5-11-15(13)14;;;/h1-11H;2*1H;/q-1;;;+3/p-2. The van der Waals surface area contributed by atoms with Gasteiger partial charge in [0.15, 0.2) is 0 Å². The van der Waals surface area contributed by atoms with Crippen LogP contribution in [0, 0.1) is 0 Å². The Kier molecular flexibility index (Phi) is 7.43. The second-order valence-corrected chi connectivity index (χ2v) is 3.70. The molecule has 0 nitrogen and oxygen atoms in total. The molecule has 18 heavy (non-hydrogen) atoms. The van der Waals surface area contributed by atoms with Gasteiger partial charge in [-0.1, -0.05) is 42.0 Å². The van der Waals surface area contributed by atoms with E-state index in [9.17, 15) is 0 Å². The number of hydrogen-bond acceptors (Lipinski definition) is 0. The van der Waals surface area contributed by atoms with Crippen molar-refractivity contribution >= 4 is 10.8 Å². The summed E-state index contributed by atoms with van der Waals surface area (Å²) >= 11 is 0. The van der Waals surface area contributed by atoms with Gasteiger partial charge in [-0.15, -0.1) is 29.0 Å². The summed E-state index contributed by atoms with van der Waals surface area (Å²) in [4.78, 5) is 0. The zero-order chi connectivity index (χ0) is 10.1. The van der Waals surface area contributed by atoms with E-state index in [0.717, 1.165) is 0 Å². The van der Waals surface area contributed by atoms with Crippen molar-refractivity contribution in [3.05, 3.63) is 66.7 Å². The molecular weight excluding hydrogens is 299 g/mol. The predicted molar refractivity (Wildman–Crippen MR) is 65.0 cm³/mol. The van der Waals surface area contributed by atoms with Crippen LogP contribution in [0.3, 0.4) is 0 Å². The molecule has 0 spiro atoms. The van der Waals surface area contributed by atoms with Gasteiger partial charge < -0.3 is 24.8 Å². The van der Waals surface area contributed by atoms with E-state index in [-0.39, 0.29) is 46.5 Å². The van der Waals surface area contributed by atoms with E-state index in [1.807, 2.05) is 0 Å². The second-order valence-electron chi connectivity index (χ2n) is 3.70. The van der Waals surface area contributed by atoms with Crippen molar-refractivity contribution in [3.8, 4) is 11.1 Å². The summed E-state index contributed by atoms with van der Waals surface area (Å²) in [5.74, 6) is 0. The van der Waals surface area contributed by atoms with Gasteiger partial charge in [-0.25, -0.2) is 0 Å². The number of benzene rings is 2. The van der Waals surface area contributed by atoms with Crippen LogP contribution in [-0.4, -0.2) is 0 Å². The average Bonchev–Trinajstić information content (AvgIpc) is 2.78. The maximum Gasteiger partial charge on any atom is 3.00 e. The van der Waals surface area contributed by atoms with Gasteiger partial charge in [0.25, 0.3) is 0 Å². The Bertz CT molecular complexity index is 588. The van der Waals surface area contributed by atoms with Gasteiger partial charge in [-0.3, -0.25) is 0 Å². The summed E-state index contributed by atoms with van der Waals surface area (Å²) in [6, 6.07) is 23.4. The van der Waals surface area contributed by atoms with E-state index < -0.39 is 0 Å². The molecule has 0 aliphatic rings. The van der Waals surface area contributed by atoms with Gasteiger partial charge in [0.05, 0.1) is 0 Å². The first-order valence-corrected chi connectivity index (χ1v) is 5.15. The molecule has 0 N–H and O–H groups in total. The molecule has 0 aromatic heterocycles. The minimum Gasteiger partial charge on any atom is -1.00 e. The molecule has 3 aromatic rings. The van der Waals surface area contributed by atoms with E-state index in [4.69, 9.17) is 0 Å². The fourth-order valence-corrected chi connectivity index (χ4v) is 2.03. The molecule has 0 bridgehead atoms. The molecule has 0 amide bonds. The molecule has 0 unspecified atom stereocenters. The molecule has 0 fully saturated rings. The third kappa shape index (κ3) is 3.21. The zero-order valence-corrected chi connectivity index (χ0v) is 12.7. The van der Waals surface area contributed by atoms with Gasteiger partial charge in [-0.2, -0.15) is 12.1 Å². The van der Waals surface area contributed by atoms with E-state index in [2.05, 4.69) is 66.7 Å². The van der Waals surface area contributed by atoms with E-state index >= 15 is 0 Å².